The smallest absolute Gasteiger partial charge is 0.249 e. The summed E-state index contributed by atoms with van der Waals surface area (Å²) in [6, 6.07) is 0.664. The Balaban J connectivity index is 2.16. The number of carbonyl (C=O) groups is 2. The van der Waals surface area contributed by atoms with E-state index in [9.17, 15) is 9.59 Å². The van der Waals surface area contributed by atoms with Crippen LogP contribution in [0.15, 0.2) is 0 Å². The molecule has 2 heterocycles. The lowest BCUT2D eigenvalue weighted by Crippen LogP contribution is -2.55. The van der Waals surface area contributed by atoms with Crippen LogP contribution in [-0.4, -0.2) is 29.8 Å². The molecular weight excluding hydrogens is 156 g/mol. The van der Waals surface area contributed by atoms with E-state index in [1.165, 1.54) is 0 Å². The minimum atomic E-state index is -0.0608. The first-order chi connectivity index (χ1) is 5.79. The molecule has 2 saturated heterocycles. The Morgan fingerprint density at radius 1 is 1.25 bits per heavy atom. The molecule has 2 fully saturated rings. The van der Waals surface area contributed by atoms with Crippen LogP contribution in [-0.2, 0) is 9.59 Å². The van der Waals surface area contributed by atoms with Crippen molar-refractivity contribution in [2.24, 2.45) is 0 Å². The fourth-order valence-corrected chi connectivity index (χ4v) is 1.70. The summed E-state index contributed by atoms with van der Waals surface area (Å²) in [5, 5.41) is 2.56. The molecule has 0 aromatic heterocycles. The number of rotatable bonds is 0. The van der Waals surface area contributed by atoms with E-state index < -0.39 is 0 Å². The summed E-state index contributed by atoms with van der Waals surface area (Å²) in [7, 11) is 0. The summed E-state index contributed by atoms with van der Waals surface area (Å²) in [4.78, 5) is 24.1. The maximum Gasteiger partial charge on any atom is 0.249 e. The van der Waals surface area contributed by atoms with Gasteiger partial charge in [0, 0.05) is 6.54 Å². The molecule has 1 N–H and O–H groups in total. The molecule has 2 aliphatic heterocycles. The van der Waals surface area contributed by atoms with Crippen LogP contribution in [0.3, 0.4) is 0 Å². The van der Waals surface area contributed by atoms with E-state index in [1.807, 2.05) is 0 Å². The van der Waals surface area contributed by atoms with Crippen LogP contribution >= 0.6 is 0 Å². The third-order valence-corrected chi connectivity index (χ3v) is 2.33. The monoisotopic (exact) mass is 167 g/mol. The number of piperidine rings is 1. The second-order valence-electron chi connectivity index (χ2n) is 3.13. The van der Waals surface area contributed by atoms with Crippen LogP contribution < -0.4 is 5.32 Å². The molecule has 0 saturated carbocycles. The van der Waals surface area contributed by atoms with Crippen LogP contribution in [0.1, 0.15) is 19.3 Å². The van der Waals surface area contributed by atoms with Crippen LogP contribution in [0.5, 0.6) is 0 Å². The van der Waals surface area contributed by atoms with Gasteiger partial charge >= 0.3 is 0 Å². The fraction of sp³-hybridized carbons (Fsp3) is 0.625. The normalized spacial score (nSPS) is 25.2. The standard InChI is InChI=1S/C8H11N2O2/c11-7-5-9-8(12)6-3-1-2-4-10(6)7/h1-5H2,(H,9,12). The first kappa shape index (κ1) is 7.58. The number of hydrogen-bond acceptors (Lipinski definition) is 2. The Morgan fingerprint density at radius 3 is 2.83 bits per heavy atom. The second-order valence-corrected chi connectivity index (χ2v) is 3.13. The topological polar surface area (TPSA) is 49.4 Å². The van der Waals surface area contributed by atoms with Gasteiger partial charge in [-0.3, -0.25) is 9.59 Å². The van der Waals surface area contributed by atoms with E-state index in [-0.39, 0.29) is 18.4 Å². The van der Waals surface area contributed by atoms with Crippen molar-refractivity contribution < 1.29 is 9.59 Å². The Bertz CT molecular complexity index is 203. The van der Waals surface area contributed by atoms with Gasteiger partial charge in [0.05, 0.1) is 6.54 Å². The molecule has 2 rings (SSSR count). The van der Waals surface area contributed by atoms with E-state index in [0.717, 1.165) is 25.8 Å². The molecular formula is C8H11N2O2. The molecule has 0 aliphatic carbocycles. The van der Waals surface area contributed by atoms with Crippen molar-refractivity contribution in [3.05, 3.63) is 6.04 Å². The van der Waals surface area contributed by atoms with Crippen molar-refractivity contribution in [2.75, 3.05) is 13.1 Å². The molecule has 2 amide bonds. The van der Waals surface area contributed by atoms with Gasteiger partial charge in [0.15, 0.2) is 6.04 Å². The molecule has 0 aromatic rings. The summed E-state index contributed by atoms with van der Waals surface area (Å²) < 4.78 is 0. The van der Waals surface area contributed by atoms with Gasteiger partial charge in [0.25, 0.3) is 0 Å². The highest BCUT2D eigenvalue weighted by molar-refractivity contribution is 6.00. The number of amides is 2. The van der Waals surface area contributed by atoms with Crippen molar-refractivity contribution in [1.29, 1.82) is 0 Å². The van der Waals surface area contributed by atoms with Crippen molar-refractivity contribution >= 4 is 11.8 Å². The van der Waals surface area contributed by atoms with E-state index in [2.05, 4.69) is 5.32 Å². The van der Waals surface area contributed by atoms with Crippen molar-refractivity contribution in [3.63, 3.8) is 0 Å². The number of nitrogens with zero attached hydrogens (tertiary/aromatic N) is 1. The number of piperazine rings is 1. The van der Waals surface area contributed by atoms with E-state index >= 15 is 0 Å². The maximum absolute atomic E-state index is 11.3. The van der Waals surface area contributed by atoms with E-state index in [0.29, 0.717) is 6.04 Å². The molecule has 4 nitrogen and oxygen atoms in total. The van der Waals surface area contributed by atoms with Crippen LogP contribution in [0.2, 0.25) is 0 Å². The Hall–Kier alpha value is -1.06. The zero-order valence-electron chi connectivity index (χ0n) is 6.80. The highest BCUT2D eigenvalue weighted by Crippen LogP contribution is 2.25. The predicted molar refractivity (Wildman–Crippen MR) is 41.8 cm³/mol. The van der Waals surface area contributed by atoms with Gasteiger partial charge in [-0.1, -0.05) is 0 Å². The molecule has 1 radical (unpaired) electrons. The third-order valence-electron chi connectivity index (χ3n) is 2.33. The number of carbonyl (C=O) groups excluding carboxylic acids is 2. The minimum Gasteiger partial charge on any atom is -0.345 e. The quantitative estimate of drug-likeness (QED) is 0.536. The van der Waals surface area contributed by atoms with Crippen LogP contribution in [0, 0.1) is 6.04 Å². The summed E-state index contributed by atoms with van der Waals surface area (Å²) >= 11 is 0. The van der Waals surface area contributed by atoms with Crippen molar-refractivity contribution in [3.8, 4) is 0 Å². The average Bonchev–Trinajstić information content (AvgIpc) is 2.12. The predicted octanol–water partition coefficient (Wildman–Crippen LogP) is -0.339. The van der Waals surface area contributed by atoms with Gasteiger partial charge in [-0.2, -0.15) is 0 Å². The van der Waals surface area contributed by atoms with Crippen molar-refractivity contribution in [2.45, 2.75) is 19.3 Å². The summed E-state index contributed by atoms with van der Waals surface area (Å²) in [5.74, 6) is -0.0291. The van der Waals surface area contributed by atoms with Crippen LogP contribution in [0.25, 0.3) is 0 Å². The third kappa shape index (κ3) is 1.07. The molecule has 12 heavy (non-hydrogen) atoms. The molecule has 4 heteroatoms. The molecule has 65 valence electrons. The van der Waals surface area contributed by atoms with E-state index in [1.54, 1.807) is 4.90 Å². The lowest BCUT2D eigenvalue weighted by Gasteiger charge is -2.37. The highest BCUT2D eigenvalue weighted by Gasteiger charge is 2.36. The lowest BCUT2D eigenvalue weighted by atomic mass is 9.99. The lowest BCUT2D eigenvalue weighted by molar-refractivity contribution is -0.141. The zero-order valence-corrected chi connectivity index (χ0v) is 6.80. The molecule has 0 spiro atoms. The van der Waals surface area contributed by atoms with Gasteiger partial charge in [0.1, 0.15) is 0 Å². The average molecular weight is 167 g/mol. The molecule has 0 atom stereocenters. The van der Waals surface area contributed by atoms with Gasteiger partial charge in [0.2, 0.25) is 11.8 Å². The molecule has 0 bridgehead atoms. The number of fused-ring (bicyclic) bond motifs is 1. The number of nitrogens with one attached hydrogen (secondary N) is 1. The van der Waals surface area contributed by atoms with Gasteiger partial charge in [-0.15, -0.1) is 0 Å². The van der Waals surface area contributed by atoms with Gasteiger partial charge < -0.3 is 10.2 Å². The first-order valence-corrected chi connectivity index (χ1v) is 4.23. The maximum atomic E-state index is 11.3. The van der Waals surface area contributed by atoms with Gasteiger partial charge in [-0.05, 0) is 19.3 Å². The fourth-order valence-electron chi connectivity index (χ4n) is 1.70. The second kappa shape index (κ2) is 2.77. The SMILES string of the molecule is O=C1NCC(=O)N2CCCC[C]12. The number of hydrogen-bond donors (Lipinski definition) is 1. The van der Waals surface area contributed by atoms with Crippen LogP contribution in [0.4, 0.5) is 0 Å². The molecule has 2 aliphatic rings. The van der Waals surface area contributed by atoms with E-state index in [4.69, 9.17) is 0 Å². The largest absolute Gasteiger partial charge is 0.345 e. The Morgan fingerprint density at radius 2 is 2.08 bits per heavy atom. The zero-order chi connectivity index (χ0) is 8.55. The summed E-state index contributed by atoms with van der Waals surface area (Å²) in [5.41, 5.74) is 0. The Labute approximate surface area is 70.9 Å². The minimum absolute atomic E-state index is 0.0318. The highest BCUT2D eigenvalue weighted by atomic mass is 16.2. The molecule has 0 unspecified atom stereocenters. The first-order valence-electron chi connectivity index (χ1n) is 4.23. The van der Waals surface area contributed by atoms with Crippen molar-refractivity contribution in [1.82, 2.24) is 10.2 Å². The summed E-state index contributed by atoms with van der Waals surface area (Å²) in [6.45, 7) is 0.893. The Kier molecular flexibility index (Phi) is 1.75. The van der Waals surface area contributed by atoms with Gasteiger partial charge in [-0.25, -0.2) is 0 Å². The summed E-state index contributed by atoms with van der Waals surface area (Å²) in [6.07, 6.45) is 2.78. The molecule has 0 aromatic carbocycles.